The van der Waals surface area contributed by atoms with E-state index in [0.29, 0.717) is 0 Å². The van der Waals surface area contributed by atoms with E-state index in [4.69, 9.17) is 4.74 Å². The topological polar surface area (TPSA) is 58.6 Å². The molecule has 16 heavy (non-hydrogen) atoms. The first kappa shape index (κ1) is 14.9. The van der Waals surface area contributed by atoms with Crippen molar-refractivity contribution in [3.63, 3.8) is 0 Å². The molecule has 0 bridgehead atoms. The summed E-state index contributed by atoms with van der Waals surface area (Å²) in [6.07, 6.45) is -0.521. The zero-order chi connectivity index (χ0) is 12.9. The number of rotatable bonds is 4. The molecule has 0 fully saturated rings. The van der Waals surface area contributed by atoms with Crippen LogP contribution in [0, 0.1) is 0 Å². The Hall–Kier alpha value is -1.10. The number of nitrogens with zero attached hydrogens (tertiary/aromatic N) is 1. The molecule has 94 valence electrons. The highest BCUT2D eigenvalue weighted by atomic mass is 16.5. The van der Waals surface area contributed by atoms with E-state index >= 15 is 0 Å². The molecule has 1 unspecified atom stereocenters. The van der Waals surface area contributed by atoms with Gasteiger partial charge in [-0.2, -0.15) is 0 Å². The predicted molar refractivity (Wildman–Crippen MR) is 62.0 cm³/mol. The lowest BCUT2D eigenvalue weighted by Crippen LogP contribution is -2.47. The van der Waals surface area contributed by atoms with Gasteiger partial charge >= 0.3 is 0 Å². The zero-order valence-corrected chi connectivity index (χ0v) is 11.0. The normalized spacial score (nSPS) is 13.1. The second-order valence-electron chi connectivity index (χ2n) is 4.87. The van der Waals surface area contributed by atoms with Gasteiger partial charge in [0.15, 0.2) is 0 Å². The van der Waals surface area contributed by atoms with E-state index in [1.807, 2.05) is 20.8 Å². The van der Waals surface area contributed by atoms with E-state index in [2.05, 4.69) is 5.32 Å². The van der Waals surface area contributed by atoms with Gasteiger partial charge in [-0.15, -0.1) is 0 Å². The first-order chi connectivity index (χ1) is 7.17. The molecule has 0 rings (SSSR count). The molecule has 0 spiro atoms. The van der Waals surface area contributed by atoms with Crippen molar-refractivity contribution in [2.24, 2.45) is 0 Å². The van der Waals surface area contributed by atoms with Gasteiger partial charge < -0.3 is 15.0 Å². The molecule has 0 aliphatic rings. The van der Waals surface area contributed by atoms with Crippen molar-refractivity contribution in [1.82, 2.24) is 10.2 Å². The van der Waals surface area contributed by atoms with Gasteiger partial charge in [0, 0.05) is 19.7 Å². The third kappa shape index (κ3) is 5.70. The molecule has 0 radical (unpaired) electrons. The SMILES string of the molecule is COC(C)C(=O)N(C)CC(=O)NC(C)(C)C. The van der Waals surface area contributed by atoms with Gasteiger partial charge in [-0.05, 0) is 27.7 Å². The van der Waals surface area contributed by atoms with E-state index in [1.165, 1.54) is 12.0 Å². The average molecular weight is 230 g/mol. The van der Waals surface area contributed by atoms with Crippen LogP contribution in [0.5, 0.6) is 0 Å². The fourth-order valence-electron chi connectivity index (χ4n) is 1.16. The number of nitrogens with one attached hydrogen (secondary N) is 1. The fourth-order valence-corrected chi connectivity index (χ4v) is 1.16. The largest absolute Gasteiger partial charge is 0.372 e. The lowest BCUT2D eigenvalue weighted by atomic mass is 10.1. The van der Waals surface area contributed by atoms with E-state index in [9.17, 15) is 9.59 Å². The van der Waals surface area contributed by atoms with Crippen LogP contribution in [-0.4, -0.2) is 49.1 Å². The van der Waals surface area contributed by atoms with Gasteiger partial charge in [-0.1, -0.05) is 0 Å². The Morgan fingerprint density at radius 1 is 1.38 bits per heavy atom. The maximum Gasteiger partial charge on any atom is 0.251 e. The first-order valence-electron chi connectivity index (χ1n) is 5.26. The molecular formula is C11H22N2O3. The van der Waals surface area contributed by atoms with Crippen LogP contribution in [0.2, 0.25) is 0 Å². The lowest BCUT2D eigenvalue weighted by molar-refractivity contribution is -0.142. The minimum Gasteiger partial charge on any atom is -0.372 e. The summed E-state index contributed by atoms with van der Waals surface area (Å²) in [6, 6.07) is 0. The minimum absolute atomic E-state index is 0.0454. The molecule has 0 heterocycles. The van der Waals surface area contributed by atoms with E-state index in [-0.39, 0.29) is 23.9 Å². The molecule has 0 aliphatic heterocycles. The second kappa shape index (κ2) is 5.84. The van der Waals surface area contributed by atoms with Crippen LogP contribution < -0.4 is 5.32 Å². The van der Waals surface area contributed by atoms with Crippen molar-refractivity contribution in [3.8, 4) is 0 Å². The highest BCUT2D eigenvalue weighted by molar-refractivity contribution is 5.86. The monoisotopic (exact) mass is 230 g/mol. The molecule has 5 heteroatoms. The summed E-state index contributed by atoms with van der Waals surface area (Å²) >= 11 is 0. The first-order valence-corrected chi connectivity index (χ1v) is 5.26. The number of likely N-dealkylation sites (N-methyl/N-ethyl adjacent to an activating group) is 1. The summed E-state index contributed by atoms with van der Waals surface area (Å²) in [6.45, 7) is 7.38. The fraction of sp³-hybridized carbons (Fsp3) is 0.818. The minimum atomic E-state index is -0.521. The Morgan fingerprint density at radius 3 is 2.25 bits per heavy atom. The Bertz CT molecular complexity index is 258. The van der Waals surface area contributed by atoms with E-state index in [1.54, 1.807) is 14.0 Å². The molecule has 0 aromatic rings. The Morgan fingerprint density at radius 2 is 1.88 bits per heavy atom. The number of amides is 2. The van der Waals surface area contributed by atoms with Crippen molar-refractivity contribution in [2.75, 3.05) is 20.7 Å². The molecule has 0 aliphatic carbocycles. The molecule has 5 nitrogen and oxygen atoms in total. The van der Waals surface area contributed by atoms with Gasteiger partial charge in [0.05, 0.1) is 6.54 Å². The summed E-state index contributed by atoms with van der Waals surface area (Å²) in [7, 11) is 3.05. The summed E-state index contributed by atoms with van der Waals surface area (Å²) in [5, 5.41) is 2.79. The molecule has 0 aromatic heterocycles. The van der Waals surface area contributed by atoms with Gasteiger partial charge in [0.2, 0.25) is 5.91 Å². The molecular weight excluding hydrogens is 208 g/mol. The van der Waals surface area contributed by atoms with E-state index in [0.717, 1.165) is 0 Å². The molecule has 0 saturated carbocycles. The van der Waals surface area contributed by atoms with Crippen LogP contribution in [0.15, 0.2) is 0 Å². The quantitative estimate of drug-likeness (QED) is 0.760. The third-order valence-corrected chi connectivity index (χ3v) is 1.97. The van der Waals surface area contributed by atoms with Gasteiger partial charge in [-0.25, -0.2) is 0 Å². The predicted octanol–water partition coefficient (Wildman–Crippen LogP) is 0.394. The Balaban J connectivity index is 4.20. The summed E-state index contributed by atoms with van der Waals surface area (Å²) in [5.74, 6) is -0.377. The third-order valence-electron chi connectivity index (χ3n) is 1.97. The number of carbonyl (C=O) groups excluding carboxylic acids is 2. The number of hydrogen-bond donors (Lipinski definition) is 1. The molecule has 1 atom stereocenters. The molecule has 0 aromatic carbocycles. The standard InChI is InChI=1S/C11H22N2O3/c1-8(16-6)10(15)13(5)7-9(14)12-11(2,3)4/h8H,7H2,1-6H3,(H,12,14). The maximum absolute atomic E-state index is 11.6. The van der Waals surface area contributed by atoms with Crippen LogP contribution in [0.4, 0.5) is 0 Å². The molecule has 0 saturated heterocycles. The van der Waals surface area contributed by atoms with Crippen LogP contribution in [0.25, 0.3) is 0 Å². The van der Waals surface area contributed by atoms with Crippen LogP contribution in [0.1, 0.15) is 27.7 Å². The summed E-state index contributed by atoms with van der Waals surface area (Å²) in [5.41, 5.74) is -0.284. The van der Waals surface area contributed by atoms with Crippen molar-refractivity contribution in [3.05, 3.63) is 0 Å². The Kier molecular flexibility index (Phi) is 5.44. The van der Waals surface area contributed by atoms with Crippen LogP contribution >= 0.6 is 0 Å². The van der Waals surface area contributed by atoms with Crippen LogP contribution in [0.3, 0.4) is 0 Å². The van der Waals surface area contributed by atoms with Gasteiger partial charge in [0.1, 0.15) is 6.10 Å². The zero-order valence-electron chi connectivity index (χ0n) is 11.0. The molecule has 1 N–H and O–H groups in total. The number of hydrogen-bond acceptors (Lipinski definition) is 3. The van der Waals surface area contributed by atoms with E-state index < -0.39 is 6.10 Å². The summed E-state index contributed by atoms with van der Waals surface area (Å²) in [4.78, 5) is 24.5. The lowest BCUT2D eigenvalue weighted by Gasteiger charge is -2.24. The smallest absolute Gasteiger partial charge is 0.251 e. The maximum atomic E-state index is 11.6. The van der Waals surface area contributed by atoms with Crippen molar-refractivity contribution in [1.29, 1.82) is 0 Å². The number of methoxy groups -OCH3 is 1. The van der Waals surface area contributed by atoms with Crippen LogP contribution in [-0.2, 0) is 14.3 Å². The summed E-state index contributed by atoms with van der Waals surface area (Å²) < 4.78 is 4.89. The van der Waals surface area contributed by atoms with Gasteiger partial charge in [-0.3, -0.25) is 9.59 Å². The van der Waals surface area contributed by atoms with Crippen molar-refractivity contribution < 1.29 is 14.3 Å². The molecule has 2 amide bonds. The highest BCUT2D eigenvalue weighted by Gasteiger charge is 2.20. The number of carbonyl (C=O) groups is 2. The van der Waals surface area contributed by atoms with Gasteiger partial charge in [0.25, 0.3) is 5.91 Å². The van der Waals surface area contributed by atoms with Crippen molar-refractivity contribution in [2.45, 2.75) is 39.3 Å². The average Bonchev–Trinajstić information content (AvgIpc) is 2.12. The highest BCUT2D eigenvalue weighted by Crippen LogP contribution is 2.00. The number of ether oxygens (including phenoxy) is 1. The second-order valence-corrected chi connectivity index (χ2v) is 4.87. The van der Waals surface area contributed by atoms with Crippen molar-refractivity contribution >= 4 is 11.8 Å². The Labute approximate surface area is 97.1 Å².